The van der Waals surface area contributed by atoms with Crippen LogP contribution in [0.3, 0.4) is 0 Å². The van der Waals surface area contributed by atoms with Gasteiger partial charge >= 0.3 is 0 Å². The summed E-state index contributed by atoms with van der Waals surface area (Å²) in [6, 6.07) is 13.4. The SMILES string of the molecule is CSc1ccc(OCC(=O)NC(C)c2ccc(F)cc2)cc1. The van der Waals surface area contributed by atoms with Crippen LogP contribution in [0, 0.1) is 5.82 Å². The second-order valence-corrected chi connectivity index (χ2v) is 5.68. The van der Waals surface area contributed by atoms with Crippen molar-refractivity contribution in [1.29, 1.82) is 0 Å². The standard InChI is InChI=1S/C17H18FNO2S/c1-12(13-3-5-14(18)6-4-13)19-17(20)11-21-15-7-9-16(22-2)10-8-15/h3-10,12H,11H2,1-2H3,(H,19,20). The maximum atomic E-state index is 12.9. The van der Waals surface area contributed by atoms with Gasteiger partial charge in [0, 0.05) is 4.90 Å². The van der Waals surface area contributed by atoms with E-state index in [2.05, 4.69) is 5.32 Å². The van der Waals surface area contributed by atoms with Crippen molar-refractivity contribution < 1.29 is 13.9 Å². The first-order chi connectivity index (χ1) is 10.6. The van der Waals surface area contributed by atoms with Crippen molar-refractivity contribution in [1.82, 2.24) is 5.32 Å². The summed E-state index contributed by atoms with van der Waals surface area (Å²) in [5, 5.41) is 2.82. The van der Waals surface area contributed by atoms with Crippen molar-refractivity contribution in [3.8, 4) is 5.75 Å². The number of hydrogen-bond donors (Lipinski definition) is 1. The zero-order valence-corrected chi connectivity index (χ0v) is 13.3. The first-order valence-electron chi connectivity index (χ1n) is 6.90. The Labute approximate surface area is 133 Å². The van der Waals surface area contributed by atoms with E-state index in [4.69, 9.17) is 4.74 Å². The Morgan fingerprint density at radius 2 is 1.82 bits per heavy atom. The van der Waals surface area contributed by atoms with Gasteiger partial charge in [0.25, 0.3) is 5.91 Å². The van der Waals surface area contributed by atoms with Crippen molar-refractivity contribution in [2.24, 2.45) is 0 Å². The molecule has 116 valence electrons. The minimum Gasteiger partial charge on any atom is -0.484 e. The van der Waals surface area contributed by atoms with E-state index >= 15 is 0 Å². The number of benzene rings is 2. The summed E-state index contributed by atoms with van der Waals surface area (Å²) < 4.78 is 18.3. The number of nitrogens with one attached hydrogen (secondary N) is 1. The monoisotopic (exact) mass is 319 g/mol. The van der Waals surface area contributed by atoms with E-state index in [0.29, 0.717) is 5.75 Å². The molecule has 3 nitrogen and oxygen atoms in total. The number of rotatable bonds is 6. The van der Waals surface area contributed by atoms with Crippen molar-refractivity contribution in [3.05, 3.63) is 59.9 Å². The molecule has 0 saturated carbocycles. The molecule has 2 rings (SSSR count). The molecule has 2 aromatic carbocycles. The van der Waals surface area contributed by atoms with Gasteiger partial charge in [0.1, 0.15) is 11.6 Å². The van der Waals surface area contributed by atoms with Crippen molar-refractivity contribution in [2.45, 2.75) is 17.9 Å². The lowest BCUT2D eigenvalue weighted by molar-refractivity contribution is -0.123. The van der Waals surface area contributed by atoms with Gasteiger partial charge in [0.2, 0.25) is 0 Å². The average Bonchev–Trinajstić information content (AvgIpc) is 2.54. The third kappa shape index (κ3) is 4.77. The molecule has 0 saturated heterocycles. The second kappa shape index (κ2) is 7.84. The molecule has 0 spiro atoms. The van der Waals surface area contributed by atoms with Crippen LogP contribution in [0.1, 0.15) is 18.5 Å². The van der Waals surface area contributed by atoms with Gasteiger partial charge in [-0.05, 0) is 55.1 Å². The largest absolute Gasteiger partial charge is 0.484 e. The molecule has 0 heterocycles. The summed E-state index contributed by atoms with van der Waals surface area (Å²) in [6.45, 7) is 1.79. The molecular weight excluding hydrogens is 301 g/mol. The molecule has 0 aliphatic carbocycles. The van der Waals surface area contributed by atoms with E-state index in [-0.39, 0.29) is 24.4 Å². The van der Waals surface area contributed by atoms with Crippen LogP contribution in [0.4, 0.5) is 4.39 Å². The maximum Gasteiger partial charge on any atom is 0.258 e. The molecule has 1 atom stereocenters. The molecule has 0 radical (unpaired) electrons. The smallest absolute Gasteiger partial charge is 0.258 e. The van der Waals surface area contributed by atoms with Crippen LogP contribution < -0.4 is 10.1 Å². The van der Waals surface area contributed by atoms with Gasteiger partial charge in [0.05, 0.1) is 6.04 Å². The second-order valence-electron chi connectivity index (χ2n) is 4.80. The van der Waals surface area contributed by atoms with Crippen LogP contribution in [0.25, 0.3) is 0 Å². The van der Waals surface area contributed by atoms with Gasteiger partial charge in [-0.1, -0.05) is 12.1 Å². The molecule has 0 bridgehead atoms. The summed E-state index contributed by atoms with van der Waals surface area (Å²) in [5.74, 6) is 0.146. The minimum atomic E-state index is -0.292. The van der Waals surface area contributed by atoms with Crippen molar-refractivity contribution in [3.63, 3.8) is 0 Å². The number of carbonyl (C=O) groups is 1. The molecular formula is C17H18FNO2S. The Hall–Kier alpha value is -2.01. The van der Waals surface area contributed by atoms with Gasteiger partial charge in [-0.25, -0.2) is 4.39 Å². The Balaban J connectivity index is 1.83. The quantitative estimate of drug-likeness (QED) is 0.823. The summed E-state index contributed by atoms with van der Waals surface area (Å²) in [6.07, 6.45) is 2.00. The fraction of sp³-hybridized carbons (Fsp3) is 0.235. The van der Waals surface area contributed by atoms with Crippen LogP contribution in [0.5, 0.6) is 5.75 Å². The third-order valence-corrected chi connectivity index (χ3v) is 3.92. The summed E-state index contributed by atoms with van der Waals surface area (Å²) in [5.41, 5.74) is 0.846. The van der Waals surface area contributed by atoms with Crippen LogP contribution >= 0.6 is 11.8 Å². The van der Waals surface area contributed by atoms with Crippen LogP contribution in [-0.2, 0) is 4.79 Å². The summed E-state index contributed by atoms with van der Waals surface area (Å²) in [7, 11) is 0. The van der Waals surface area contributed by atoms with Crippen LogP contribution in [0.2, 0.25) is 0 Å². The fourth-order valence-electron chi connectivity index (χ4n) is 1.94. The fourth-order valence-corrected chi connectivity index (χ4v) is 2.35. The molecule has 1 unspecified atom stereocenters. The average molecular weight is 319 g/mol. The number of ether oxygens (including phenoxy) is 1. The van der Waals surface area contributed by atoms with E-state index in [1.165, 1.54) is 12.1 Å². The lowest BCUT2D eigenvalue weighted by Crippen LogP contribution is -2.31. The van der Waals surface area contributed by atoms with E-state index in [1.54, 1.807) is 23.9 Å². The first-order valence-corrected chi connectivity index (χ1v) is 8.12. The highest BCUT2D eigenvalue weighted by Gasteiger charge is 2.10. The lowest BCUT2D eigenvalue weighted by atomic mass is 10.1. The third-order valence-electron chi connectivity index (χ3n) is 3.18. The Kier molecular flexibility index (Phi) is 5.83. The van der Waals surface area contributed by atoms with E-state index in [0.717, 1.165) is 10.5 Å². The summed E-state index contributed by atoms with van der Waals surface area (Å²) in [4.78, 5) is 13.0. The first kappa shape index (κ1) is 16.4. The Morgan fingerprint density at radius 1 is 1.18 bits per heavy atom. The molecule has 0 aromatic heterocycles. The lowest BCUT2D eigenvalue weighted by Gasteiger charge is -2.14. The molecule has 0 aliphatic rings. The number of hydrogen-bond acceptors (Lipinski definition) is 3. The highest BCUT2D eigenvalue weighted by atomic mass is 32.2. The number of amides is 1. The Morgan fingerprint density at radius 3 is 2.41 bits per heavy atom. The van der Waals surface area contributed by atoms with E-state index < -0.39 is 0 Å². The number of thioether (sulfide) groups is 1. The van der Waals surface area contributed by atoms with Crippen LogP contribution in [0.15, 0.2) is 53.4 Å². The van der Waals surface area contributed by atoms with E-state index in [9.17, 15) is 9.18 Å². The predicted octanol–water partition coefficient (Wildman–Crippen LogP) is 3.80. The molecule has 0 fully saturated rings. The highest BCUT2D eigenvalue weighted by molar-refractivity contribution is 7.98. The molecule has 22 heavy (non-hydrogen) atoms. The number of carbonyl (C=O) groups excluding carboxylic acids is 1. The van der Waals surface area contributed by atoms with Gasteiger partial charge in [-0.15, -0.1) is 11.8 Å². The van der Waals surface area contributed by atoms with E-state index in [1.807, 2.05) is 37.4 Å². The molecule has 2 aromatic rings. The Bertz CT molecular complexity index is 614. The van der Waals surface area contributed by atoms with Crippen LogP contribution in [-0.4, -0.2) is 18.8 Å². The predicted molar refractivity (Wildman–Crippen MR) is 86.7 cm³/mol. The summed E-state index contributed by atoms with van der Waals surface area (Å²) >= 11 is 1.65. The van der Waals surface area contributed by atoms with Crippen molar-refractivity contribution in [2.75, 3.05) is 12.9 Å². The molecule has 1 N–H and O–H groups in total. The minimum absolute atomic E-state index is 0.0514. The van der Waals surface area contributed by atoms with Gasteiger partial charge in [0.15, 0.2) is 6.61 Å². The molecule has 1 amide bonds. The normalized spacial score (nSPS) is 11.8. The maximum absolute atomic E-state index is 12.9. The van der Waals surface area contributed by atoms with Gasteiger partial charge in [-0.3, -0.25) is 4.79 Å². The zero-order valence-electron chi connectivity index (χ0n) is 12.5. The highest BCUT2D eigenvalue weighted by Crippen LogP contribution is 2.19. The van der Waals surface area contributed by atoms with Gasteiger partial charge in [-0.2, -0.15) is 0 Å². The zero-order chi connectivity index (χ0) is 15.9. The molecule has 0 aliphatic heterocycles. The van der Waals surface area contributed by atoms with Crippen molar-refractivity contribution >= 4 is 17.7 Å². The molecule has 5 heteroatoms. The topological polar surface area (TPSA) is 38.3 Å². The number of halogens is 1. The van der Waals surface area contributed by atoms with Gasteiger partial charge < -0.3 is 10.1 Å².